The third-order valence-corrected chi connectivity index (χ3v) is 4.76. The van der Waals surface area contributed by atoms with Crippen LogP contribution in [0.3, 0.4) is 0 Å². The highest BCUT2D eigenvalue weighted by atomic mass is 32.1. The molecule has 7 heteroatoms. The molecule has 0 spiro atoms. The Balaban J connectivity index is 1.58. The maximum absolute atomic E-state index is 12.3. The Morgan fingerprint density at radius 3 is 2.67 bits per heavy atom. The zero-order valence-corrected chi connectivity index (χ0v) is 14.6. The van der Waals surface area contributed by atoms with Gasteiger partial charge < -0.3 is 19.5 Å². The molecule has 0 saturated carbocycles. The Kier molecular flexibility index (Phi) is 5.53. The smallest absolute Gasteiger partial charge is 0.289 e. The van der Waals surface area contributed by atoms with Gasteiger partial charge in [0.25, 0.3) is 5.91 Å². The Hall–Kier alpha value is -2.28. The van der Waals surface area contributed by atoms with Gasteiger partial charge in [-0.2, -0.15) is 0 Å². The lowest BCUT2D eigenvalue weighted by Gasteiger charge is -2.36. The van der Waals surface area contributed by atoms with Gasteiger partial charge in [0.2, 0.25) is 0 Å². The first-order valence-corrected chi connectivity index (χ1v) is 9.04. The number of nitrogens with one attached hydrogen (secondary N) is 1. The van der Waals surface area contributed by atoms with E-state index in [4.69, 9.17) is 9.41 Å². The van der Waals surface area contributed by atoms with Gasteiger partial charge in [0.05, 0.1) is 12.8 Å². The Morgan fingerprint density at radius 1 is 1.25 bits per heavy atom. The topological polar surface area (TPSA) is 61.1 Å². The van der Waals surface area contributed by atoms with Crippen LogP contribution >= 0.6 is 11.3 Å². The summed E-state index contributed by atoms with van der Waals surface area (Å²) in [7, 11) is 0. The fourth-order valence-electron chi connectivity index (χ4n) is 2.66. The highest BCUT2D eigenvalue weighted by Gasteiger charge is 2.25. The zero-order chi connectivity index (χ0) is 16.8. The number of nitrogens with zero attached hydrogens (tertiary/aromatic N) is 3. The molecule has 3 rings (SSSR count). The van der Waals surface area contributed by atoms with Crippen LogP contribution in [-0.2, 0) is 6.54 Å². The van der Waals surface area contributed by atoms with E-state index in [0.717, 1.165) is 25.6 Å². The fourth-order valence-corrected chi connectivity index (χ4v) is 3.29. The van der Waals surface area contributed by atoms with Gasteiger partial charge in [0.1, 0.15) is 0 Å². The van der Waals surface area contributed by atoms with Gasteiger partial charge in [-0.1, -0.05) is 6.07 Å². The van der Waals surface area contributed by atoms with E-state index in [9.17, 15) is 4.79 Å². The number of amides is 1. The first-order chi connectivity index (χ1) is 11.8. The standard InChI is InChI=1S/C17H22N4O2S/c1-2-18-17(19-13-14-5-4-12-24-14)21-9-7-20(8-10-21)16(22)15-6-3-11-23-15/h3-6,11-12H,2,7-10,13H2,1H3,(H,18,19). The summed E-state index contributed by atoms with van der Waals surface area (Å²) in [5.74, 6) is 1.28. The van der Waals surface area contributed by atoms with E-state index in [1.165, 1.54) is 11.1 Å². The molecule has 0 bridgehead atoms. The number of hydrogen-bond acceptors (Lipinski definition) is 4. The predicted molar refractivity (Wildman–Crippen MR) is 95.3 cm³/mol. The second kappa shape index (κ2) is 8.01. The lowest BCUT2D eigenvalue weighted by atomic mass is 10.3. The molecule has 0 aliphatic carbocycles. The summed E-state index contributed by atoms with van der Waals surface area (Å²) in [6.45, 7) is 6.45. The van der Waals surface area contributed by atoms with Gasteiger partial charge in [-0.3, -0.25) is 4.79 Å². The van der Waals surface area contributed by atoms with Crippen LogP contribution in [0.5, 0.6) is 0 Å². The average Bonchev–Trinajstić information content (AvgIpc) is 3.31. The van der Waals surface area contributed by atoms with Gasteiger partial charge >= 0.3 is 0 Å². The van der Waals surface area contributed by atoms with Crippen LogP contribution in [0.4, 0.5) is 0 Å². The summed E-state index contributed by atoms with van der Waals surface area (Å²) in [6, 6.07) is 7.59. The highest BCUT2D eigenvalue weighted by molar-refractivity contribution is 7.09. The van der Waals surface area contributed by atoms with Crippen LogP contribution in [0.1, 0.15) is 22.4 Å². The van der Waals surface area contributed by atoms with Gasteiger partial charge in [-0.05, 0) is 30.5 Å². The molecule has 0 unspecified atom stereocenters. The number of thiophene rings is 1. The molecule has 0 aromatic carbocycles. The van der Waals surface area contributed by atoms with Crippen LogP contribution in [0, 0.1) is 0 Å². The summed E-state index contributed by atoms with van der Waals surface area (Å²) in [4.78, 5) is 22.3. The van der Waals surface area contributed by atoms with E-state index in [1.54, 1.807) is 23.5 Å². The number of guanidine groups is 1. The minimum Gasteiger partial charge on any atom is -0.459 e. The molecule has 1 fully saturated rings. The van der Waals surface area contributed by atoms with Crippen molar-refractivity contribution in [1.29, 1.82) is 0 Å². The molecule has 3 heterocycles. The summed E-state index contributed by atoms with van der Waals surface area (Å²) in [5, 5.41) is 5.41. The molecule has 1 aliphatic heterocycles. The number of carbonyl (C=O) groups is 1. The molecule has 1 amide bonds. The van der Waals surface area contributed by atoms with Crippen molar-refractivity contribution in [2.24, 2.45) is 4.99 Å². The minimum absolute atomic E-state index is 0.0415. The molecule has 0 radical (unpaired) electrons. The van der Waals surface area contributed by atoms with Crippen molar-refractivity contribution in [3.63, 3.8) is 0 Å². The van der Waals surface area contributed by atoms with E-state index in [1.807, 2.05) is 11.0 Å². The Labute approximate surface area is 145 Å². The number of hydrogen-bond donors (Lipinski definition) is 1. The maximum Gasteiger partial charge on any atom is 0.289 e. The summed E-state index contributed by atoms with van der Waals surface area (Å²) < 4.78 is 5.20. The minimum atomic E-state index is -0.0415. The van der Waals surface area contributed by atoms with Crippen molar-refractivity contribution < 1.29 is 9.21 Å². The lowest BCUT2D eigenvalue weighted by Crippen LogP contribution is -2.53. The van der Waals surface area contributed by atoms with Crippen molar-refractivity contribution in [3.05, 3.63) is 46.5 Å². The highest BCUT2D eigenvalue weighted by Crippen LogP contribution is 2.12. The van der Waals surface area contributed by atoms with Gasteiger partial charge in [0.15, 0.2) is 11.7 Å². The number of aliphatic imine (C=N–C) groups is 1. The number of furan rings is 1. The average molecular weight is 346 g/mol. The summed E-state index contributed by atoms with van der Waals surface area (Å²) in [6.07, 6.45) is 1.53. The molecule has 1 saturated heterocycles. The molecule has 1 N–H and O–H groups in total. The van der Waals surface area contributed by atoms with Crippen LogP contribution in [0.2, 0.25) is 0 Å². The van der Waals surface area contributed by atoms with Gasteiger partial charge in [-0.15, -0.1) is 11.3 Å². The third kappa shape index (κ3) is 3.97. The first-order valence-electron chi connectivity index (χ1n) is 8.16. The van der Waals surface area contributed by atoms with E-state index >= 15 is 0 Å². The second-order valence-electron chi connectivity index (χ2n) is 5.51. The SMILES string of the molecule is CCNC(=NCc1cccs1)N1CCN(C(=O)c2ccco2)CC1. The van der Waals surface area contributed by atoms with Crippen molar-refractivity contribution >= 4 is 23.2 Å². The molecule has 2 aromatic heterocycles. The molecule has 0 atom stereocenters. The van der Waals surface area contributed by atoms with Gasteiger partial charge in [0, 0.05) is 37.6 Å². The summed E-state index contributed by atoms with van der Waals surface area (Å²) >= 11 is 1.72. The van der Waals surface area contributed by atoms with Crippen molar-refractivity contribution in [2.45, 2.75) is 13.5 Å². The van der Waals surface area contributed by atoms with Crippen molar-refractivity contribution in [1.82, 2.24) is 15.1 Å². The molecule has 2 aromatic rings. The largest absolute Gasteiger partial charge is 0.459 e. The van der Waals surface area contributed by atoms with Crippen LogP contribution < -0.4 is 5.32 Å². The lowest BCUT2D eigenvalue weighted by molar-refractivity contribution is 0.0657. The predicted octanol–water partition coefficient (Wildman–Crippen LogP) is 2.26. The molecule has 24 heavy (non-hydrogen) atoms. The van der Waals surface area contributed by atoms with Crippen LogP contribution in [0.15, 0.2) is 45.3 Å². The molecular formula is C17H22N4O2S. The molecule has 1 aliphatic rings. The Morgan fingerprint density at radius 2 is 2.04 bits per heavy atom. The van der Waals surface area contributed by atoms with Crippen molar-refractivity contribution in [2.75, 3.05) is 32.7 Å². The molecule has 128 valence electrons. The van der Waals surface area contributed by atoms with E-state index in [2.05, 4.69) is 28.6 Å². The monoisotopic (exact) mass is 346 g/mol. The maximum atomic E-state index is 12.3. The quantitative estimate of drug-likeness (QED) is 0.681. The normalized spacial score (nSPS) is 15.6. The van der Waals surface area contributed by atoms with Crippen LogP contribution in [-0.4, -0.2) is 54.4 Å². The van der Waals surface area contributed by atoms with E-state index in [0.29, 0.717) is 25.4 Å². The second-order valence-corrected chi connectivity index (χ2v) is 6.54. The molecule has 6 nitrogen and oxygen atoms in total. The number of piperazine rings is 1. The van der Waals surface area contributed by atoms with Crippen LogP contribution in [0.25, 0.3) is 0 Å². The Bertz CT molecular complexity index is 659. The molecular weight excluding hydrogens is 324 g/mol. The summed E-state index contributed by atoms with van der Waals surface area (Å²) in [5.41, 5.74) is 0. The van der Waals surface area contributed by atoms with E-state index < -0.39 is 0 Å². The number of carbonyl (C=O) groups excluding carboxylic acids is 1. The zero-order valence-electron chi connectivity index (χ0n) is 13.8. The first kappa shape index (κ1) is 16.6. The van der Waals surface area contributed by atoms with Crippen molar-refractivity contribution in [3.8, 4) is 0 Å². The third-order valence-electron chi connectivity index (χ3n) is 3.90. The van der Waals surface area contributed by atoms with E-state index in [-0.39, 0.29) is 5.91 Å². The van der Waals surface area contributed by atoms with Gasteiger partial charge in [-0.25, -0.2) is 4.99 Å². The fraction of sp³-hybridized carbons (Fsp3) is 0.412. The number of rotatable bonds is 4.